The second-order valence-corrected chi connectivity index (χ2v) is 3.44. The van der Waals surface area contributed by atoms with E-state index in [2.05, 4.69) is 0 Å². The maximum absolute atomic E-state index is 12.8. The summed E-state index contributed by atoms with van der Waals surface area (Å²) in [6.07, 6.45) is -2.62. The van der Waals surface area contributed by atoms with Gasteiger partial charge in [0.2, 0.25) is 0 Å². The molecule has 0 aromatic heterocycles. The molecular formula is C11H15F2NO2. The molecular weight excluding hydrogens is 216 g/mol. The van der Waals surface area contributed by atoms with Crippen LogP contribution in [0.2, 0.25) is 0 Å². The lowest BCUT2D eigenvalue weighted by atomic mass is 10.0. The standard InChI is InChI=1S/C11H15F2NO2/c1-6(14)7-4-8(11(12)13)10(16-3)9(5-7)15-2/h4-6,11H,14H2,1-3H3. The van der Waals surface area contributed by atoms with Gasteiger partial charge in [-0.2, -0.15) is 0 Å². The minimum atomic E-state index is -2.62. The molecule has 16 heavy (non-hydrogen) atoms. The summed E-state index contributed by atoms with van der Waals surface area (Å²) in [4.78, 5) is 0. The number of alkyl halides is 2. The minimum absolute atomic E-state index is 0.0573. The summed E-state index contributed by atoms with van der Waals surface area (Å²) in [5.74, 6) is 0.328. The number of ether oxygens (including phenoxy) is 2. The highest BCUT2D eigenvalue weighted by molar-refractivity contribution is 5.50. The third kappa shape index (κ3) is 2.41. The zero-order valence-corrected chi connectivity index (χ0v) is 9.46. The number of rotatable bonds is 4. The maximum atomic E-state index is 12.8. The Hall–Kier alpha value is -1.36. The fourth-order valence-electron chi connectivity index (χ4n) is 1.44. The van der Waals surface area contributed by atoms with E-state index in [4.69, 9.17) is 15.2 Å². The zero-order chi connectivity index (χ0) is 12.3. The zero-order valence-electron chi connectivity index (χ0n) is 9.46. The molecule has 0 aliphatic carbocycles. The van der Waals surface area contributed by atoms with E-state index in [9.17, 15) is 8.78 Å². The first-order valence-electron chi connectivity index (χ1n) is 4.80. The SMILES string of the molecule is COc1cc(C(C)N)cc(C(F)F)c1OC. The van der Waals surface area contributed by atoms with Gasteiger partial charge in [-0.15, -0.1) is 0 Å². The van der Waals surface area contributed by atoms with Crippen molar-refractivity contribution in [2.75, 3.05) is 14.2 Å². The van der Waals surface area contributed by atoms with Crippen molar-refractivity contribution in [1.29, 1.82) is 0 Å². The molecule has 0 aliphatic rings. The van der Waals surface area contributed by atoms with Crippen LogP contribution < -0.4 is 15.2 Å². The Labute approximate surface area is 93.2 Å². The molecule has 3 nitrogen and oxygen atoms in total. The second-order valence-electron chi connectivity index (χ2n) is 3.44. The highest BCUT2D eigenvalue weighted by Crippen LogP contribution is 2.39. The molecule has 1 aromatic rings. The summed E-state index contributed by atoms with van der Waals surface area (Å²) in [5.41, 5.74) is 6.05. The number of hydrogen-bond acceptors (Lipinski definition) is 3. The van der Waals surface area contributed by atoms with Crippen LogP contribution in [0.25, 0.3) is 0 Å². The van der Waals surface area contributed by atoms with E-state index >= 15 is 0 Å². The van der Waals surface area contributed by atoms with Gasteiger partial charge in [0.1, 0.15) is 0 Å². The van der Waals surface area contributed by atoms with Crippen LogP contribution in [0.4, 0.5) is 8.78 Å². The molecule has 90 valence electrons. The lowest BCUT2D eigenvalue weighted by Gasteiger charge is -2.16. The highest BCUT2D eigenvalue weighted by atomic mass is 19.3. The van der Waals surface area contributed by atoms with Crippen molar-refractivity contribution in [3.8, 4) is 11.5 Å². The predicted octanol–water partition coefficient (Wildman–Crippen LogP) is 2.66. The first kappa shape index (κ1) is 12.7. The molecule has 1 rings (SSSR count). The third-order valence-corrected chi connectivity index (χ3v) is 2.29. The summed E-state index contributed by atoms with van der Waals surface area (Å²) in [5, 5.41) is 0. The predicted molar refractivity (Wildman–Crippen MR) is 57.1 cm³/mol. The lowest BCUT2D eigenvalue weighted by Crippen LogP contribution is -2.07. The quantitative estimate of drug-likeness (QED) is 0.866. The number of hydrogen-bond donors (Lipinski definition) is 1. The van der Waals surface area contributed by atoms with Crippen molar-refractivity contribution in [3.05, 3.63) is 23.3 Å². The number of methoxy groups -OCH3 is 2. The van der Waals surface area contributed by atoms with E-state index in [-0.39, 0.29) is 23.1 Å². The highest BCUT2D eigenvalue weighted by Gasteiger charge is 2.20. The average Bonchev–Trinajstić information content (AvgIpc) is 2.26. The van der Waals surface area contributed by atoms with Gasteiger partial charge in [-0.1, -0.05) is 0 Å². The van der Waals surface area contributed by atoms with Crippen molar-refractivity contribution < 1.29 is 18.3 Å². The maximum Gasteiger partial charge on any atom is 0.267 e. The third-order valence-electron chi connectivity index (χ3n) is 2.29. The monoisotopic (exact) mass is 231 g/mol. The molecule has 0 saturated carbocycles. The van der Waals surface area contributed by atoms with Gasteiger partial charge in [-0.05, 0) is 24.6 Å². The molecule has 0 amide bonds. The molecule has 0 bridgehead atoms. The van der Waals surface area contributed by atoms with E-state index in [1.807, 2.05) is 0 Å². The normalized spacial score (nSPS) is 12.7. The van der Waals surface area contributed by atoms with Gasteiger partial charge in [0.05, 0.1) is 19.8 Å². The second kappa shape index (κ2) is 5.12. The molecule has 1 aromatic carbocycles. The van der Waals surface area contributed by atoms with Crippen LogP contribution in [0, 0.1) is 0 Å². The van der Waals surface area contributed by atoms with E-state index in [0.717, 1.165) is 0 Å². The lowest BCUT2D eigenvalue weighted by molar-refractivity contribution is 0.146. The van der Waals surface area contributed by atoms with Gasteiger partial charge in [-0.25, -0.2) is 8.78 Å². The molecule has 0 radical (unpaired) electrons. The van der Waals surface area contributed by atoms with Gasteiger partial charge < -0.3 is 15.2 Å². The Morgan fingerprint density at radius 2 is 1.81 bits per heavy atom. The van der Waals surface area contributed by atoms with Crippen LogP contribution in [-0.4, -0.2) is 14.2 Å². The van der Waals surface area contributed by atoms with Crippen molar-refractivity contribution in [3.63, 3.8) is 0 Å². The van der Waals surface area contributed by atoms with Gasteiger partial charge in [0.25, 0.3) is 6.43 Å². The molecule has 0 spiro atoms. The first-order chi connectivity index (χ1) is 7.51. The summed E-state index contributed by atoms with van der Waals surface area (Å²) < 4.78 is 35.5. The van der Waals surface area contributed by atoms with Crippen LogP contribution >= 0.6 is 0 Å². The smallest absolute Gasteiger partial charge is 0.267 e. The van der Waals surface area contributed by atoms with Gasteiger partial charge in [0, 0.05) is 6.04 Å². The molecule has 0 fully saturated rings. The number of halogens is 2. The van der Waals surface area contributed by atoms with Gasteiger partial charge in [0.15, 0.2) is 11.5 Å². The van der Waals surface area contributed by atoms with E-state index < -0.39 is 6.43 Å². The van der Waals surface area contributed by atoms with E-state index in [1.54, 1.807) is 13.0 Å². The van der Waals surface area contributed by atoms with Crippen LogP contribution in [0.1, 0.15) is 30.5 Å². The molecule has 5 heteroatoms. The van der Waals surface area contributed by atoms with Gasteiger partial charge >= 0.3 is 0 Å². The molecule has 1 unspecified atom stereocenters. The van der Waals surface area contributed by atoms with E-state index in [1.165, 1.54) is 20.3 Å². The summed E-state index contributed by atoms with van der Waals surface area (Å²) in [7, 11) is 2.73. The molecule has 1 atom stereocenters. The number of nitrogens with two attached hydrogens (primary N) is 1. The van der Waals surface area contributed by atoms with Crippen LogP contribution in [0.15, 0.2) is 12.1 Å². The van der Waals surface area contributed by atoms with Crippen LogP contribution in [0.3, 0.4) is 0 Å². The molecule has 0 heterocycles. The van der Waals surface area contributed by atoms with Crippen molar-refractivity contribution >= 4 is 0 Å². The van der Waals surface area contributed by atoms with E-state index in [0.29, 0.717) is 5.56 Å². The van der Waals surface area contributed by atoms with Crippen molar-refractivity contribution in [2.24, 2.45) is 5.73 Å². The summed E-state index contributed by atoms with van der Waals surface area (Å²) in [6, 6.07) is 2.61. The minimum Gasteiger partial charge on any atom is -0.493 e. The Morgan fingerprint density at radius 3 is 2.19 bits per heavy atom. The average molecular weight is 231 g/mol. The molecule has 0 saturated heterocycles. The Bertz CT molecular complexity index is 367. The Kier molecular flexibility index (Phi) is 4.06. The van der Waals surface area contributed by atoms with Crippen molar-refractivity contribution in [2.45, 2.75) is 19.4 Å². The largest absolute Gasteiger partial charge is 0.493 e. The Balaban J connectivity index is 3.37. The molecule has 2 N–H and O–H groups in total. The van der Waals surface area contributed by atoms with Crippen LogP contribution in [-0.2, 0) is 0 Å². The topological polar surface area (TPSA) is 44.5 Å². The van der Waals surface area contributed by atoms with Crippen molar-refractivity contribution in [1.82, 2.24) is 0 Å². The fourth-order valence-corrected chi connectivity index (χ4v) is 1.44. The summed E-state index contributed by atoms with van der Waals surface area (Å²) in [6.45, 7) is 1.72. The first-order valence-corrected chi connectivity index (χ1v) is 4.80. The van der Waals surface area contributed by atoms with Crippen LogP contribution in [0.5, 0.6) is 11.5 Å². The molecule has 0 aliphatic heterocycles. The summed E-state index contributed by atoms with van der Waals surface area (Å²) >= 11 is 0. The Morgan fingerprint density at radius 1 is 1.19 bits per heavy atom. The van der Waals surface area contributed by atoms with Gasteiger partial charge in [-0.3, -0.25) is 0 Å². The number of benzene rings is 1. The fraction of sp³-hybridized carbons (Fsp3) is 0.455.